The van der Waals surface area contributed by atoms with Crippen LogP contribution in [0.25, 0.3) is 0 Å². The highest BCUT2D eigenvalue weighted by Gasteiger charge is 2.26. The Balaban J connectivity index is 1.40. The van der Waals surface area contributed by atoms with Gasteiger partial charge in [0.1, 0.15) is 0 Å². The average molecular weight is 248 g/mol. The maximum Gasteiger partial charge on any atom is 0.0466 e. The highest BCUT2D eigenvalue weighted by Crippen LogP contribution is 2.40. The molecule has 0 spiro atoms. The molecular weight excluding hydrogens is 220 g/mol. The Hall–Kier alpha value is -0.560. The second-order valence-corrected chi connectivity index (χ2v) is 5.76. The van der Waals surface area contributed by atoms with E-state index in [0.29, 0.717) is 0 Å². The molecule has 0 aromatic heterocycles. The fraction of sp³-hybridized carbons (Fsp3) is 0.765. The van der Waals surface area contributed by atoms with Gasteiger partial charge in [-0.25, -0.2) is 0 Å². The van der Waals surface area contributed by atoms with E-state index in [0.717, 1.165) is 25.0 Å². The number of unbranched alkanes of at least 4 members (excludes halogenated alkanes) is 4. The van der Waals surface area contributed by atoms with Crippen molar-refractivity contribution in [1.29, 1.82) is 0 Å². The standard InChI is InChI=1S/C17H28O/c1-2-3-6-11-18-12-7-4-5-8-16-13-15-9-10-17(16)14-15/h9-10,13,15,17H,2-8,11-12,14H2,1H3. The largest absolute Gasteiger partial charge is 0.381 e. The molecule has 0 aromatic carbocycles. The molecule has 0 saturated heterocycles. The molecule has 2 bridgehead atoms. The summed E-state index contributed by atoms with van der Waals surface area (Å²) in [7, 11) is 0. The number of fused-ring (bicyclic) bond motifs is 2. The number of hydrogen-bond acceptors (Lipinski definition) is 1. The topological polar surface area (TPSA) is 9.23 Å². The summed E-state index contributed by atoms with van der Waals surface area (Å²) in [6.07, 6.45) is 17.7. The monoisotopic (exact) mass is 248 g/mol. The summed E-state index contributed by atoms with van der Waals surface area (Å²) in [5.41, 5.74) is 1.71. The number of allylic oxidation sites excluding steroid dienone is 4. The van der Waals surface area contributed by atoms with Crippen molar-refractivity contribution in [3.05, 3.63) is 23.8 Å². The highest BCUT2D eigenvalue weighted by molar-refractivity contribution is 5.29. The predicted octanol–water partition coefficient (Wildman–Crippen LogP) is 4.89. The van der Waals surface area contributed by atoms with Crippen molar-refractivity contribution in [3.63, 3.8) is 0 Å². The molecule has 2 atom stereocenters. The SMILES string of the molecule is CCCCCOCCCCCC1=CC2C=CC1C2. The summed E-state index contributed by atoms with van der Waals surface area (Å²) in [5, 5.41) is 0. The van der Waals surface area contributed by atoms with E-state index in [-0.39, 0.29) is 0 Å². The van der Waals surface area contributed by atoms with Gasteiger partial charge in [-0.2, -0.15) is 0 Å². The van der Waals surface area contributed by atoms with Crippen LogP contribution in [-0.4, -0.2) is 13.2 Å². The van der Waals surface area contributed by atoms with Gasteiger partial charge in [-0.1, -0.05) is 50.0 Å². The molecule has 0 N–H and O–H groups in total. The molecule has 0 saturated carbocycles. The lowest BCUT2D eigenvalue weighted by molar-refractivity contribution is 0.126. The van der Waals surface area contributed by atoms with Gasteiger partial charge in [0.2, 0.25) is 0 Å². The summed E-state index contributed by atoms with van der Waals surface area (Å²) in [6.45, 7) is 4.17. The van der Waals surface area contributed by atoms with Crippen LogP contribution >= 0.6 is 0 Å². The molecule has 1 nitrogen and oxygen atoms in total. The summed E-state index contributed by atoms with van der Waals surface area (Å²) in [6, 6.07) is 0. The molecule has 0 heterocycles. The molecule has 2 aliphatic rings. The van der Waals surface area contributed by atoms with E-state index in [2.05, 4.69) is 25.2 Å². The van der Waals surface area contributed by atoms with Crippen molar-refractivity contribution in [1.82, 2.24) is 0 Å². The predicted molar refractivity (Wildman–Crippen MR) is 77.6 cm³/mol. The van der Waals surface area contributed by atoms with Gasteiger partial charge in [0.15, 0.2) is 0 Å². The Morgan fingerprint density at radius 2 is 1.89 bits per heavy atom. The lowest BCUT2D eigenvalue weighted by Crippen LogP contribution is -1.98. The first kappa shape index (κ1) is 13.9. The van der Waals surface area contributed by atoms with Crippen LogP contribution in [0.4, 0.5) is 0 Å². The molecule has 2 unspecified atom stereocenters. The quantitative estimate of drug-likeness (QED) is 0.395. The Bertz CT molecular complexity index is 290. The van der Waals surface area contributed by atoms with Crippen molar-refractivity contribution in [2.45, 2.75) is 58.3 Å². The molecule has 0 fully saturated rings. The third-order valence-corrected chi connectivity index (χ3v) is 4.17. The zero-order chi connectivity index (χ0) is 12.6. The van der Waals surface area contributed by atoms with E-state index in [9.17, 15) is 0 Å². The van der Waals surface area contributed by atoms with Gasteiger partial charge in [-0.15, -0.1) is 0 Å². The number of hydrogen-bond donors (Lipinski definition) is 0. The van der Waals surface area contributed by atoms with Crippen molar-refractivity contribution in [2.75, 3.05) is 13.2 Å². The zero-order valence-corrected chi connectivity index (χ0v) is 11.9. The average Bonchev–Trinajstić information content (AvgIpc) is 2.99. The van der Waals surface area contributed by atoms with Gasteiger partial charge >= 0.3 is 0 Å². The van der Waals surface area contributed by atoms with Crippen LogP contribution < -0.4 is 0 Å². The lowest BCUT2D eigenvalue weighted by atomic mass is 9.97. The second-order valence-electron chi connectivity index (χ2n) is 5.76. The normalized spacial score (nSPS) is 24.8. The molecule has 18 heavy (non-hydrogen) atoms. The first-order valence-electron chi connectivity index (χ1n) is 7.87. The summed E-state index contributed by atoms with van der Waals surface area (Å²) in [4.78, 5) is 0. The van der Waals surface area contributed by atoms with E-state index in [1.165, 1.54) is 51.4 Å². The molecule has 2 aliphatic carbocycles. The van der Waals surface area contributed by atoms with Gasteiger partial charge in [0.05, 0.1) is 0 Å². The molecule has 1 heteroatoms. The molecule has 0 aliphatic heterocycles. The fourth-order valence-corrected chi connectivity index (χ4v) is 3.06. The molecule has 2 rings (SSSR count). The van der Waals surface area contributed by atoms with Crippen LogP contribution in [-0.2, 0) is 4.74 Å². The van der Waals surface area contributed by atoms with Gasteiger partial charge in [-0.05, 0) is 43.9 Å². The minimum absolute atomic E-state index is 0.784. The smallest absolute Gasteiger partial charge is 0.0466 e. The minimum atomic E-state index is 0.784. The van der Waals surface area contributed by atoms with Crippen LogP contribution in [0.15, 0.2) is 23.8 Å². The van der Waals surface area contributed by atoms with E-state index in [1.54, 1.807) is 5.57 Å². The molecule has 0 amide bonds. The maximum atomic E-state index is 5.63. The van der Waals surface area contributed by atoms with Crippen LogP contribution in [0.1, 0.15) is 58.3 Å². The molecule has 0 radical (unpaired) electrons. The first-order valence-corrected chi connectivity index (χ1v) is 7.87. The molecular formula is C17H28O. The van der Waals surface area contributed by atoms with E-state index in [4.69, 9.17) is 4.74 Å². The maximum absolute atomic E-state index is 5.63. The first-order chi connectivity index (χ1) is 8.90. The Morgan fingerprint density at radius 3 is 2.56 bits per heavy atom. The van der Waals surface area contributed by atoms with Crippen LogP contribution in [0.5, 0.6) is 0 Å². The second kappa shape index (κ2) is 7.78. The molecule has 102 valence electrons. The number of ether oxygens (including phenoxy) is 1. The third kappa shape index (κ3) is 4.28. The summed E-state index contributed by atoms with van der Waals surface area (Å²) in [5.74, 6) is 1.59. The zero-order valence-electron chi connectivity index (χ0n) is 11.9. The Labute approximate surface area is 112 Å². The number of rotatable bonds is 10. The van der Waals surface area contributed by atoms with Crippen molar-refractivity contribution in [2.24, 2.45) is 11.8 Å². The summed E-state index contributed by atoms with van der Waals surface area (Å²) >= 11 is 0. The van der Waals surface area contributed by atoms with Gasteiger partial charge in [-0.3, -0.25) is 0 Å². The highest BCUT2D eigenvalue weighted by atomic mass is 16.5. The van der Waals surface area contributed by atoms with Crippen LogP contribution in [0, 0.1) is 11.8 Å². The van der Waals surface area contributed by atoms with Crippen molar-refractivity contribution in [3.8, 4) is 0 Å². The summed E-state index contributed by atoms with van der Waals surface area (Å²) < 4.78 is 5.63. The minimum Gasteiger partial charge on any atom is -0.381 e. The van der Waals surface area contributed by atoms with Gasteiger partial charge in [0.25, 0.3) is 0 Å². The van der Waals surface area contributed by atoms with Crippen molar-refractivity contribution < 1.29 is 4.74 Å². The van der Waals surface area contributed by atoms with Gasteiger partial charge in [0, 0.05) is 13.2 Å². The van der Waals surface area contributed by atoms with E-state index >= 15 is 0 Å². The van der Waals surface area contributed by atoms with E-state index < -0.39 is 0 Å². The van der Waals surface area contributed by atoms with E-state index in [1.807, 2.05) is 0 Å². The lowest BCUT2D eigenvalue weighted by Gasteiger charge is -2.09. The molecule has 0 aromatic rings. The Morgan fingerprint density at radius 1 is 1.06 bits per heavy atom. The fourth-order valence-electron chi connectivity index (χ4n) is 3.06. The van der Waals surface area contributed by atoms with Crippen LogP contribution in [0.3, 0.4) is 0 Å². The van der Waals surface area contributed by atoms with Crippen molar-refractivity contribution >= 4 is 0 Å². The van der Waals surface area contributed by atoms with Crippen LogP contribution in [0.2, 0.25) is 0 Å². The Kier molecular flexibility index (Phi) is 5.99. The third-order valence-electron chi connectivity index (χ3n) is 4.17. The van der Waals surface area contributed by atoms with Gasteiger partial charge < -0.3 is 4.74 Å².